The summed E-state index contributed by atoms with van der Waals surface area (Å²) in [6.45, 7) is 0.765. The largest absolute Gasteiger partial charge is 0.497 e. The highest BCUT2D eigenvalue weighted by Crippen LogP contribution is 2.33. The van der Waals surface area contributed by atoms with Crippen LogP contribution in [0.4, 0.5) is 5.69 Å². The normalized spacial score (nSPS) is 15.0. The molecule has 0 radical (unpaired) electrons. The molecule has 5 heteroatoms. The molecule has 0 atom stereocenters. The van der Waals surface area contributed by atoms with Crippen LogP contribution in [0.15, 0.2) is 23.2 Å². The quantitative estimate of drug-likeness (QED) is 0.456. The van der Waals surface area contributed by atoms with Gasteiger partial charge in [-0.15, -0.1) is 0 Å². The lowest BCUT2D eigenvalue weighted by atomic mass is 10.2. The number of ether oxygens (including phenoxy) is 2. The van der Waals surface area contributed by atoms with Crippen LogP contribution in [-0.4, -0.2) is 26.7 Å². The first kappa shape index (κ1) is 14.5. The highest BCUT2D eigenvalue weighted by Gasteiger charge is 2.19. The molecule has 1 saturated carbocycles. The molecule has 20 heavy (non-hydrogen) atoms. The van der Waals surface area contributed by atoms with Gasteiger partial charge < -0.3 is 20.5 Å². The molecule has 0 heterocycles. The van der Waals surface area contributed by atoms with Gasteiger partial charge in [0.1, 0.15) is 11.5 Å². The molecule has 0 amide bonds. The minimum absolute atomic E-state index is 0.410. The number of methoxy groups -OCH3 is 2. The maximum atomic E-state index is 5.90. The molecule has 1 aliphatic carbocycles. The fourth-order valence-electron chi connectivity index (χ4n) is 2.08. The number of nitrogens with two attached hydrogens (primary N) is 1. The Bertz CT molecular complexity index is 470. The van der Waals surface area contributed by atoms with Crippen molar-refractivity contribution in [2.75, 3.05) is 26.1 Å². The summed E-state index contributed by atoms with van der Waals surface area (Å²) in [6.07, 6.45) is 5.14. The zero-order chi connectivity index (χ0) is 14.4. The summed E-state index contributed by atoms with van der Waals surface area (Å²) in [5.41, 5.74) is 6.66. The van der Waals surface area contributed by atoms with E-state index >= 15 is 0 Å². The van der Waals surface area contributed by atoms with Crippen molar-refractivity contribution < 1.29 is 9.47 Å². The monoisotopic (exact) mass is 277 g/mol. The van der Waals surface area contributed by atoms with Gasteiger partial charge in [-0.25, -0.2) is 0 Å². The highest BCUT2D eigenvalue weighted by atomic mass is 16.5. The van der Waals surface area contributed by atoms with Crippen LogP contribution in [0.3, 0.4) is 0 Å². The van der Waals surface area contributed by atoms with Crippen molar-refractivity contribution in [3.8, 4) is 11.5 Å². The molecule has 1 aromatic carbocycles. The Morgan fingerprint density at radius 2 is 2.15 bits per heavy atom. The summed E-state index contributed by atoms with van der Waals surface area (Å²) in [5, 5.41) is 3.06. The van der Waals surface area contributed by atoms with E-state index in [1.807, 2.05) is 18.2 Å². The van der Waals surface area contributed by atoms with E-state index in [9.17, 15) is 0 Å². The minimum atomic E-state index is 0.410. The Kier molecular flexibility index (Phi) is 5.09. The smallest absolute Gasteiger partial charge is 0.193 e. The van der Waals surface area contributed by atoms with Crippen LogP contribution >= 0.6 is 0 Å². The first-order chi connectivity index (χ1) is 9.72. The van der Waals surface area contributed by atoms with Crippen LogP contribution in [0.2, 0.25) is 0 Å². The van der Waals surface area contributed by atoms with E-state index in [1.165, 1.54) is 19.3 Å². The van der Waals surface area contributed by atoms with E-state index in [-0.39, 0.29) is 0 Å². The summed E-state index contributed by atoms with van der Waals surface area (Å²) < 4.78 is 10.5. The van der Waals surface area contributed by atoms with Crippen molar-refractivity contribution in [2.24, 2.45) is 16.6 Å². The van der Waals surface area contributed by atoms with Gasteiger partial charge in [0.25, 0.3) is 0 Å². The molecule has 0 aromatic heterocycles. The summed E-state index contributed by atoms with van der Waals surface area (Å²) in [7, 11) is 3.25. The number of rotatable bonds is 7. The Morgan fingerprint density at radius 3 is 2.80 bits per heavy atom. The van der Waals surface area contributed by atoms with Crippen molar-refractivity contribution in [1.29, 1.82) is 0 Å². The van der Waals surface area contributed by atoms with Gasteiger partial charge in [-0.3, -0.25) is 4.99 Å². The molecule has 0 bridgehead atoms. The summed E-state index contributed by atoms with van der Waals surface area (Å²) in [5.74, 6) is 2.81. The number of nitrogens with zero attached hydrogens (tertiary/aromatic N) is 1. The van der Waals surface area contributed by atoms with Crippen LogP contribution in [0.1, 0.15) is 25.7 Å². The number of benzene rings is 1. The van der Waals surface area contributed by atoms with Gasteiger partial charge in [0.15, 0.2) is 5.96 Å². The zero-order valence-electron chi connectivity index (χ0n) is 12.2. The third-order valence-corrected chi connectivity index (χ3v) is 3.42. The van der Waals surface area contributed by atoms with Crippen molar-refractivity contribution in [1.82, 2.24) is 0 Å². The second-order valence-electron chi connectivity index (χ2n) is 5.04. The van der Waals surface area contributed by atoms with Crippen molar-refractivity contribution in [3.05, 3.63) is 18.2 Å². The van der Waals surface area contributed by atoms with Gasteiger partial charge in [0.05, 0.1) is 19.9 Å². The van der Waals surface area contributed by atoms with Crippen LogP contribution in [0.25, 0.3) is 0 Å². The number of anilines is 1. The number of guanidine groups is 1. The summed E-state index contributed by atoms with van der Waals surface area (Å²) in [6, 6.07) is 5.51. The third-order valence-electron chi connectivity index (χ3n) is 3.42. The summed E-state index contributed by atoms with van der Waals surface area (Å²) in [4.78, 5) is 4.34. The van der Waals surface area contributed by atoms with E-state index in [2.05, 4.69) is 10.3 Å². The van der Waals surface area contributed by atoms with Gasteiger partial charge in [0.2, 0.25) is 0 Å². The van der Waals surface area contributed by atoms with Crippen LogP contribution in [0, 0.1) is 5.92 Å². The summed E-state index contributed by atoms with van der Waals surface area (Å²) >= 11 is 0. The molecular formula is C15H23N3O2. The number of hydrogen-bond donors (Lipinski definition) is 2. The Balaban J connectivity index is 1.90. The first-order valence-electron chi connectivity index (χ1n) is 7.02. The predicted octanol–water partition coefficient (Wildman–Crippen LogP) is 2.62. The first-order valence-corrected chi connectivity index (χ1v) is 7.02. The zero-order valence-corrected chi connectivity index (χ0v) is 12.2. The maximum absolute atomic E-state index is 5.90. The molecule has 0 saturated heterocycles. The number of hydrogen-bond acceptors (Lipinski definition) is 3. The average molecular weight is 277 g/mol. The van der Waals surface area contributed by atoms with Crippen LogP contribution < -0.4 is 20.5 Å². The Hall–Kier alpha value is -1.91. The van der Waals surface area contributed by atoms with Gasteiger partial charge >= 0.3 is 0 Å². The fourth-order valence-corrected chi connectivity index (χ4v) is 2.08. The molecule has 3 N–H and O–H groups in total. The van der Waals surface area contributed by atoms with Gasteiger partial charge in [-0.2, -0.15) is 0 Å². The Morgan fingerprint density at radius 1 is 1.35 bits per heavy atom. The molecule has 1 fully saturated rings. The molecular weight excluding hydrogens is 254 g/mol. The van der Waals surface area contributed by atoms with Crippen molar-refractivity contribution in [3.63, 3.8) is 0 Å². The number of nitrogens with one attached hydrogen (secondary N) is 1. The molecule has 110 valence electrons. The molecule has 0 spiro atoms. The van der Waals surface area contributed by atoms with E-state index in [0.29, 0.717) is 11.7 Å². The second kappa shape index (κ2) is 7.03. The Labute approximate surface area is 120 Å². The van der Waals surface area contributed by atoms with E-state index in [1.54, 1.807) is 14.2 Å². The maximum Gasteiger partial charge on any atom is 0.193 e. The lowest BCUT2D eigenvalue weighted by Crippen LogP contribution is -2.23. The highest BCUT2D eigenvalue weighted by molar-refractivity contribution is 5.93. The molecule has 0 unspecified atom stereocenters. The molecule has 1 aliphatic rings. The topological polar surface area (TPSA) is 68.9 Å². The number of aliphatic imine (C=N–C) groups is 1. The lowest BCUT2D eigenvalue weighted by molar-refractivity contribution is 0.405. The van der Waals surface area contributed by atoms with E-state index < -0.39 is 0 Å². The lowest BCUT2D eigenvalue weighted by Gasteiger charge is -2.12. The second-order valence-corrected chi connectivity index (χ2v) is 5.04. The molecule has 0 aliphatic heterocycles. The van der Waals surface area contributed by atoms with Crippen LogP contribution in [-0.2, 0) is 0 Å². The standard InChI is InChI=1S/C15H23N3O2/c1-19-12-7-8-14(20-2)13(10-12)18-15(16)17-9-3-4-11-5-6-11/h7-8,10-11H,3-6,9H2,1-2H3,(H3,16,17,18). The van der Waals surface area contributed by atoms with Crippen molar-refractivity contribution in [2.45, 2.75) is 25.7 Å². The van der Waals surface area contributed by atoms with Crippen LogP contribution in [0.5, 0.6) is 11.5 Å². The third kappa shape index (κ3) is 4.33. The molecule has 1 aromatic rings. The van der Waals surface area contributed by atoms with E-state index in [4.69, 9.17) is 15.2 Å². The van der Waals surface area contributed by atoms with Gasteiger partial charge in [-0.1, -0.05) is 12.8 Å². The van der Waals surface area contributed by atoms with Gasteiger partial charge in [0, 0.05) is 12.6 Å². The minimum Gasteiger partial charge on any atom is -0.497 e. The SMILES string of the molecule is COc1ccc(OC)c(NC(N)=NCCCC2CC2)c1. The fraction of sp³-hybridized carbons (Fsp3) is 0.533. The van der Waals surface area contributed by atoms with E-state index in [0.717, 1.165) is 30.3 Å². The van der Waals surface area contributed by atoms with Gasteiger partial charge in [-0.05, 0) is 30.9 Å². The average Bonchev–Trinajstić information content (AvgIpc) is 3.27. The predicted molar refractivity (Wildman–Crippen MR) is 81.6 cm³/mol. The molecule has 5 nitrogen and oxygen atoms in total. The molecule has 2 rings (SSSR count). The van der Waals surface area contributed by atoms with Crippen molar-refractivity contribution >= 4 is 11.6 Å².